The van der Waals surface area contributed by atoms with E-state index in [1.54, 1.807) is 0 Å². The molecule has 1 aliphatic rings. The molecule has 1 atom stereocenters. The second-order valence-electron chi connectivity index (χ2n) is 2.49. The van der Waals surface area contributed by atoms with Gasteiger partial charge in [-0.25, -0.2) is 0 Å². The van der Waals surface area contributed by atoms with Crippen molar-refractivity contribution in [3.05, 3.63) is 0 Å². The number of carbonyl (C=O) groups excluding carboxylic acids is 1. The summed E-state index contributed by atoms with van der Waals surface area (Å²) in [5.74, 6) is 1.03. The molecule has 2 heteroatoms. The van der Waals surface area contributed by atoms with E-state index in [4.69, 9.17) is 0 Å². The lowest BCUT2D eigenvalue weighted by atomic mass is 9.91. The third kappa shape index (κ3) is 0.672. The molecule has 0 aromatic rings. The highest BCUT2D eigenvalue weighted by Crippen LogP contribution is 2.41. The van der Waals surface area contributed by atoms with Crippen molar-refractivity contribution in [3.8, 4) is 0 Å². The van der Waals surface area contributed by atoms with Crippen LogP contribution in [0.4, 0.5) is 0 Å². The molecule has 0 radical (unpaired) electrons. The van der Waals surface area contributed by atoms with Crippen LogP contribution in [0.3, 0.4) is 0 Å². The zero-order valence-corrected chi connectivity index (χ0v) is 6.05. The van der Waals surface area contributed by atoms with Gasteiger partial charge in [0.2, 0.25) is 0 Å². The Kier molecular flexibility index (Phi) is 1.35. The van der Waals surface area contributed by atoms with Gasteiger partial charge in [0.25, 0.3) is 0 Å². The molecule has 1 unspecified atom stereocenters. The van der Waals surface area contributed by atoms with E-state index in [0.29, 0.717) is 5.12 Å². The predicted molar refractivity (Wildman–Crippen MR) is 35.9 cm³/mol. The number of hydrogen-bond donors (Lipinski definition) is 0. The molecule has 46 valence electrons. The maximum absolute atomic E-state index is 10.7. The second kappa shape index (κ2) is 1.76. The van der Waals surface area contributed by atoms with Gasteiger partial charge in [-0.05, 0) is 6.42 Å². The second-order valence-corrected chi connectivity index (χ2v) is 3.44. The van der Waals surface area contributed by atoms with Crippen LogP contribution in [0.5, 0.6) is 0 Å². The minimum atomic E-state index is 0.0463. The third-order valence-electron chi connectivity index (χ3n) is 1.79. The lowest BCUT2D eigenvalue weighted by molar-refractivity contribution is -0.119. The van der Waals surface area contributed by atoms with E-state index >= 15 is 0 Å². The van der Waals surface area contributed by atoms with Crippen molar-refractivity contribution in [1.29, 1.82) is 0 Å². The summed E-state index contributed by atoms with van der Waals surface area (Å²) in [4.78, 5) is 10.7. The first kappa shape index (κ1) is 6.14. The predicted octanol–water partition coefficient (Wildman–Crippen LogP) is 1.68. The summed E-state index contributed by atoms with van der Waals surface area (Å²) >= 11 is 1.45. The molecule has 8 heavy (non-hydrogen) atoms. The number of thioether (sulfide) groups is 1. The van der Waals surface area contributed by atoms with Crippen molar-refractivity contribution in [2.24, 2.45) is 5.41 Å². The van der Waals surface area contributed by atoms with E-state index in [2.05, 4.69) is 6.92 Å². The quantitative estimate of drug-likeness (QED) is 0.537. The van der Waals surface area contributed by atoms with Gasteiger partial charge in [0.1, 0.15) is 0 Å². The van der Waals surface area contributed by atoms with Gasteiger partial charge in [0.15, 0.2) is 5.12 Å². The molecule has 0 bridgehead atoms. The average molecular weight is 130 g/mol. The number of carbonyl (C=O) groups is 1. The first-order valence-corrected chi connectivity index (χ1v) is 3.85. The van der Waals surface area contributed by atoms with Gasteiger partial charge >= 0.3 is 0 Å². The van der Waals surface area contributed by atoms with Crippen LogP contribution in [0.2, 0.25) is 0 Å². The van der Waals surface area contributed by atoms with Gasteiger partial charge in [-0.15, -0.1) is 0 Å². The van der Waals surface area contributed by atoms with E-state index in [1.807, 2.05) is 6.92 Å². The summed E-state index contributed by atoms with van der Waals surface area (Å²) in [7, 11) is 0. The van der Waals surface area contributed by atoms with E-state index < -0.39 is 0 Å². The summed E-state index contributed by atoms with van der Waals surface area (Å²) < 4.78 is 0. The van der Waals surface area contributed by atoms with Crippen LogP contribution in [0.15, 0.2) is 0 Å². The van der Waals surface area contributed by atoms with Gasteiger partial charge in [-0.3, -0.25) is 4.79 Å². The minimum Gasteiger partial charge on any atom is -0.287 e. The summed E-state index contributed by atoms with van der Waals surface area (Å²) in [5.41, 5.74) is 0.0463. The summed E-state index contributed by atoms with van der Waals surface area (Å²) in [5, 5.41) is 0.375. The van der Waals surface area contributed by atoms with Crippen molar-refractivity contribution in [2.45, 2.75) is 20.3 Å². The first-order chi connectivity index (χ1) is 3.69. The molecule has 0 aromatic carbocycles. The van der Waals surface area contributed by atoms with Crippen molar-refractivity contribution in [1.82, 2.24) is 0 Å². The molecule has 1 fully saturated rings. The summed E-state index contributed by atoms with van der Waals surface area (Å²) in [6.07, 6.45) is 0.999. The molecule has 1 heterocycles. The Balaban J connectivity index is 2.55. The van der Waals surface area contributed by atoms with Crippen molar-refractivity contribution in [2.75, 3.05) is 5.75 Å². The van der Waals surface area contributed by atoms with Crippen LogP contribution in [-0.4, -0.2) is 10.9 Å². The Morgan fingerprint density at radius 2 is 2.50 bits per heavy atom. The minimum absolute atomic E-state index is 0.0463. The van der Waals surface area contributed by atoms with E-state index in [1.165, 1.54) is 11.8 Å². The van der Waals surface area contributed by atoms with E-state index in [0.717, 1.165) is 12.2 Å². The Hall–Kier alpha value is 0.0200. The van der Waals surface area contributed by atoms with Gasteiger partial charge < -0.3 is 0 Å². The molecule has 0 aromatic heterocycles. The summed E-state index contributed by atoms with van der Waals surface area (Å²) in [6.45, 7) is 4.10. The summed E-state index contributed by atoms with van der Waals surface area (Å²) in [6, 6.07) is 0. The molecule has 1 nitrogen and oxygen atoms in total. The highest BCUT2D eigenvalue weighted by atomic mass is 32.2. The smallest absolute Gasteiger partial charge is 0.195 e. The van der Waals surface area contributed by atoms with E-state index in [-0.39, 0.29) is 5.41 Å². The first-order valence-electron chi connectivity index (χ1n) is 2.86. The monoisotopic (exact) mass is 130 g/mol. The molecule has 0 amide bonds. The Labute approximate surface area is 53.8 Å². The van der Waals surface area contributed by atoms with Crippen molar-refractivity contribution < 1.29 is 4.79 Å². The largest absolute Gasteiger partial charge is 0.287 e. The lowest BCUT2D eigenvalue weighted by Crippen LogP contribution is -2.37. The van der Waals surface area contributed by atoms with Crippen LogP contribution in [0.25, 0.3) is 0 Å². The van der Waals surface area contributed by atoms with E-state index in [9.17, 15) is 4.79 Å². The van der Waals surface area contributed by atoms with Crippen LogP contribution in [0.1, 0.15) is 20.3 Å². The topological polar surface area (TPSA) is 17.1 Å². The van der Waals surface area contributed by atoms with Crippen molar-refractivity contribution in [3.63, 3.8) is 0 Å². The fourth-order valence-corrected chi connectivity index (χ4v) is 1.73. The van der Waals surface area contributed by atoms with Gasteiger partial charge in [0.05, 0.1) is 0 Å². The van der Waals surface area contributed by atoms with Gasteiger partial charge in [-0.1, -0.05) is 25.6 Å². The molecule has 1 saturated heterocycles. The number of hydrogen-bond acceptors (Lipinski definition) is 2. The molecular weight excluding hydrogens is 120 g/mol. The Morgan fingerprint density at radius 3 is 2.50 bits per heavy atom. The van der Waals surface area contributed by atoms with Crippen LogP contribution in [-0.2, 0) is 4.79 Å². The molecule has 0 aliphatic carbocycles. The van der Waals surface area contributed by atoms with Crippen LogP contribution >= 0.6 is 11.8 Å². The average Bonchev–Trinajstić information content (AvgIpc) is 1.83. The molecular formula is C6H10OS. The molecule has 0 spiro atoms. The molecule has 0 saturated carbocycles. The van der Waals surface area contributed by atoms with Gasteiger partial charge in [-0.2, -0.15) is 0 Å². The van der Waals surface area contributed by atoms with Crippen LogP contribution < -0.4 is 0 Å². The maximum Gasteiger partial charge on any atom is 0.195 e. The Bertz CT molecular complexity index is 118. The Morgan fingerprint density at radius 1 is 1.88 bits per heavy atom. The fraction of sp³-hybridized carbons (Fsp3) is 0.833. The lowest BCUT2D eigenvalue weighted by Gasteiger charge is -2.33. The zero-order valence-electron chi connectivity index (χ0n) is 5.23. The maximum atomic E-state index is 10.7. The molecule has 1 rings (SSSR count). The third-order valence-corrected chi connectivity index (χ3v) is 3.33. The fourth-order valence-electron chi connectivity index (χ4n) is 0.624. The number of rotatable bonds is 1. The van der Waals surface area contributed by atoms with Crippen LogP contribution in [0, 0.1) is 5.41 Å². The van der Waals surface area contributed by atoms with Gasteiger partial charge in [0, 0.05) is 11.2 Å². The standard InChI is InChI=1S/C6H10OS/c1-3-6(2)4-8-5(6)7/h3-4H2,1-2H3. The SMILES string of the molecule is CCC1(C)CSC1=O. The zero-order chi connectivity index (χ0) is 6.20. The highest BCUT2D eigenvalue weighted by Gasteiger charge is 2.40. The van der Waals surface area contributed by atoms with Crippen molar-refractivity contribution >= 4 is 16.9 Å². The highest BCUT2D eigenvalue weighted by molar-refractivity contribution is 8.15. The molecule has 1 aliphatic heterocycles. The normalized spacial score (nSPS) is 37.0. The molecule has 0 N–H and O–H groups in total.